The number of rotatable bonds is 6. The summed E-state index contributed by atoms with van der Waals surface area (Å²) in [4.78, 5) is 24.4. The first kappa shape index (κ1) is 18.6. The molecular formula is C20H22N2O5. The summed E-state index contributed by atoms with van der Waals surface area (Å²) in [5.41, 5.74) is -0.0697. The highest BCUT2D eigenvalue weighted by Crippen LogP contribution is 2.38. The van der Waals surface area contributed by atoms with Crippen molar-refractivity contribution in [2.45, 2.75) is 26.4 Å². The number of amides is 2. The van der Waals surface area contributed by atoms with Gasteiger partial charge in [-0.3, -0.25) is 9.59 Å². The maximum atomic E-state index is 12.2. The molecule has 0 radical (unpaired) electrons. The second-order valence-electron chi connectivity index (χ2n) is 6.49. The van der Waals surface area contributed by atoms with Crippen molar-refractivity contribution in [2.75, 3.05) is 23.8 Å². The zero-order chi connectivity index (χ0) is 19.4. The molecule has 0 saturated carbocycles. The van der Waals surface area contributed by atoms with Crippen molar-refractivity contribution in [3.8, 4) is 17.2 Å². The van der Waals surface area contributed by atoms with E-state index >= 15 is 0 Å². The molecule has 1 aliphatic heterocycles. The molecular weight excluding hydrogens is 348 g/mol. The third-order valence-electron chi connectivity index (χ3n) is 3.96. The number of anilines is 2. The molecule has 2 aromatic rings. The minimum Gasteiger partial charge on any atom is -0.494 e. The largest absolute Gasteiger partial charge is 0.494 e. The second kappa shape index (κ2) is 7.57. The average molecular weight is 370 g/mol. The van der Waals surface area contributed by atoms with Crippen LogP contribution < -0.4 is 24.8 Å². The molecule has 0 saturated heterocycles. The SMILES string of the molecule is CCOc1ccc(OCC(=O)Nc2cccc3c2NC(=O)C(C)(C)O3)cc1. The predicted octanol–water partition coefficient (Wildman–Crippen LogP) is 3.21. The third kappa shape index (κ3) is 4.31. The summed E-state index contributed by atoms with van der Waals surface area (Å²) in [5, 5.41) is 5.52. The summed E-state index contributed by atoms with van der Waals surface area (Å²) in [6, 6.07) is 12.2. The lowest BCUT2D eigenvalue weighted by atomic mass is 10.1. The molecule has 3 rings (SSSR count). The van der Waals surface area contributed by atoms with E-state index in [2.05, 4.69) is 10.6 Å². The van der Waals surface area contributed by atoms with E-state index in [1.54, 1.807) is 56.3 Å². The van der Waals surface area contributed by atoms with Crippen molar-refractivity contribution in [3.05, 3.63) is 42.5 Å². The van der Waals surface area contributed by atoms with Gasteiger partial charge in [0.2, 0.25) is 0 Å². The van der Waals surface area contributed by atoms with Gasteiger partial charge in [0, 0.05) is 0 Å². The lowest BCUT2D eigenvalue weighted by Gasteiger charge is -2.32. The number of nitrogens with one attached hydrogen (secondary N) is 2. The Morgan fingerprint density at radius 2 is 1.78 bits per heavy atom. The zero-order valence-electron chi connectivity index (χ0n) is 15.5. The molecule has 0 unspecified atom stereocenters. The van der Waals surface area contributed by atoms with Gasteiger partial charge in [-0.2, -0.15) is 0 Å². The van der Waals surface area contributed by atoms with Crippen molar-refractivity contribution in [1.82, 2.24) is 0 Å². The maximum Gasteiger partial charge on any atom is 0.268 e. The van der Waals surface area contributed by atoms with Crippen LogP contribution in [0, 0.1) is 0 Å². The van der Waals surface area contributed by atoms with Crippen molar-refractivity contribution >= 4 is 23.2 Å². The molecule has 2 N–H and O–H groups in total. The Morgan fingerprint density at radius 3 is 2.44 bits per heavy atom. The molecule has 7 heteroatoms. The van der Waals surface area contributed by atoms with E-state index in [0.29, 0.717) is 29.5 Å². The van der Waals surface area contributed by atoms with Gasteiger partial charge in [0.05, 0.1) is 12.3 Å². The van der Waals surface area contributed by atoms with E-state index < -0.39 is 5.60 Å². The molecule has 1 heterocycles. The highest BCUT2D eigenvalue weighted by molar-refractivity contribution is 6.06. The number of ether oxygens (including phenoxy) is 3. The van der Waals surface area contributed by atoms with E-state index in [0.717, 1.165) is 5.75 Å². The number of hydrogen-bond acceptors (Lipinski definition) is 5. The summed E-state index contributed by atoms with van der Waals surface area (Å²) in [6.07, 6.45) is 0. The van der Waals surface area contributed by atoms with E-state index in [-0.39, 0.29) is 18.4 Å². The van der Waals surface area contributed by atoms with Crippen molar-refractivity contribution in [1.29, 1.82) is 0 Å². The first-order chi connectivity index (χ1) is 12.9. The van der Waals surface area contributed by atoms with Crippen LogP contribution in [0.4, 0.5) is 11.4 Å². The van der Waals surface area contributed by atoms with Gasteiger partial charge in [0.15, 0.2) is 12.2 Å². The van der Waals surface area contributed by atoms with E-state index in [1.807, 2.05) is 6.92 Å². The van der Waals surface area contributed by atoms with Crippen LogP contribution in [0.5, 0.6) is 17.2 Å². The molecule has 142 valence electrons. The fourth-order valence-corrected chi connectivity index (χ4v) is 2.57. The summed E-state index contributed by atoms with van der Waals surface area (Å²) in [5.74, 6) is 1.18. The quantitative estimate of drug-likeness (QED) is 0.815. The number of benzene rings is 2. The number of carbonyl (C=O) groups is 2. The Bertz CT molecular complexity index is 846. The standard InChI is InChI=1S/C20H22N2O5/c1-4-25-13-8-10-14(11-9-13)26-12-17(23)21-15-6-5-7-16-18(15)22-19(24)20(2,3)27-16/h5-11H,4,12H2,1-3H3,(H,21,23)(H,22,24). The monoisotopic (exact) mass is 370 g/mol. The minimum absolute atomic E-state index is 0.169. The molecule has 27 heavy (non-hydrogen) atoms. The lowest BCUT2D eigenvalue weighted by Crippen LogP contribution is -2.45. The summed E-state index contributed by atoms with van der Waals surface area (Å²) >= 11 is 0. The number of para-hydroxylation sites is 1. The first-order valence-electron chi connectivity index (χ1n) is 8.68. The van der Waals surface area contributed by atoms with E-state index in [1.165, 1.54) is 0 Å². The van der Waals surface area contributed by atoms with Crippen LogP contribution in [0.1, 0.15) is 20.8 Å². The van der Waals surface area contributed by atoms with Crippen LogP contribution in [-0.2, 0) is 9.59 Å². The maximum absolute atomic E-state index is 12.2. The van der Waals surface area contributed by atoms with Crippen molar-refractivity contribution in [2.24, 2.45) is 0 Å². The molecule has 0 aromatic heterocycles. The van der Waals surface area contributed by atoms with Gasteiger partial charge in [-0.25, -0.2) is 0 Å². The Labute approximate surface area is 157 Å². The van der Waals surface area contributed by atoms with Gasteiger partial charge in [-0.1, -0.05) is 6.07 Å². The zero-order valence-corrected chi connectivity index (χ0v) is 15.5. The van der Waals surface area contributed by atoms with Crippen molar-refractivity contribution in [3.63, 3.8) is 0 Å². The Hall–Kier alpha value is -3.22. The van der Waals surface area contributed by atoms with E-state index in [4.69, 9.17) is 14.2 Å². The Morgan fingerprint density at radius 1 is 1.11 bits per heavy atom. The van der Waals surface area contributed by atoms with E-state index in [9.17, 15) is 9.59 Å². The number of carbonyl (C=O) groups excluding carboxylic acids is 2. The summed E-state index contributed by atoms with van der Waals surface area (Å²) < 4.78 is 16.6. The second-order valence-corrected chi connectivity index (χ2v) is 6.49. The summed E-state index contributed by atoms with van der Waals surface area (Å²) in [6.45, 7) is 5.69. The summed E-state index contributed by atoms with van der Waals surface area (Å²) in [7, 11) is 0. The molecule has 2 amide bonds. The van der Waals surface area contributed by atoms with Gasteiger partial charge in [-0.05, 0) is 57.2 Å². The Kier molecular flexibility index (Phi) is 5.21. The van der Waals surface area contributed by atoms with Crippen LogP contribution in [0.2, 0.25) is 0 Å². The van der Waals surface area contributed by atoms with Gasteiger partial charge in [0.1, 0.15) is 22.9 Å². The molecule has 1 aliphatic rings. The molecule has 0 aliphatic carbocycles. The minimum atomic E-state index is -0.966. The van der Waals surface area contributed by atoms with Crippen LogP contribution in [-0.4, -0.2) is 30.6 Å². The fraction of sp³-hybridized carbons (Fsp3) is 0.300. The van der Waals surface area contributed by atoms with Gasteiger partial charge < -0.3 is 24.8 Å². The topological polar surface area (TPSA) is 85.9 Å². The van der Waals surface area contributed by atoms with Crippen LogP contribution in [0.25, 0.3) is 0 Å². The lowest BCUT2D eigenvalue weighted by molar-refractivity contribution is -0.129. The molecule has 0 fully saturated rings. The highest BCUT2D eigenvalue weighted by Gasteiger charge is 2.36. The highest BCUT2D eigenvalue weighted by atomic mass is 16.5. The molecule has 0 spiro atoms. The van der Waals surface area contributed by atoms with Crippen LogP contribution in [0.3, 0.4) is 0 Å². The van der Waals surface area contributed by atoms with Crippen molar-refractivity contribution < 1.29 is 23.8 Å². The molecule has 0 bridgehead atoms. The Balaban J connectivity index is 1.63. The molecule has 2 aromatic carbocycles. The predicted molar refractivity (Wildman–Crippen MR) is 102 cm³/mol. The van der Waals surface area contributed by atoms with Crippen LogP contribution in [0.15, 0.2) is 42.5 Å². The average Bonchev–Trinajstić information content (AvgIpc) is 2.63. The van der Waals surface area contributed by atoms with Gasteiger partial charge in [0.25, 0.3) is 11.8 Å². The third-order valence-corrected chi connectivity index (χ3v) is 3.96. The van der Waals surface area contributed by atoms with Gasteiger partial charge in [-0.15, -0.1) is 0 Å². The molecule has 7 nitrogen and oxygen atoms in total. The van der Waals surface area contributed by atoms with Gasteiger partial charge >= 0.3 is 0 Å². The first-order valence-corrected chi connectivity index (χ1v) is 8.68. The number of hydrogen-bond donors (Lipinski definition) is 2. The molecule has 0 atom stereocenters. The number of fused-ring (bicyclic) bond motifs is 1. The smallest absolute Gasteiger partial charge is 0.268 e. The fourth-order valence-electron chi connectivity index (χ4n) is 2.57. The normalized spacial score (nSPS) is 14.4. The van der Waals surface area contributed by atoms with Crippen LogP contribution >= 0.6 is 0 Å².